The number of nitro benzene ring substituents is 1. The minimum absolute atomic E-state index is 0.205. The quantitative estimate of drug-likeness (QED) is 0.289. The van der Waals surface area contributed by atoms with Crippen LogP contribution in [-0.2, 0) is 19.6 Å². The number of nitro groups is 1. The molecule has 0 aliphatic carbocycles. The summed E-state index contributed by atoms with van der Waals surface area (Å²) in [6, 6.07) is 12.5. The maximum absolute atomic E-state index is 12.4. The highest BCUT2D eigenvalue weighted by atomic mass is 32.2. The fourth-order valence-electron chi connectivity index (χ4n) is 2.09. The number of carbonyl (C=O) groups is 2. The lowest BCUT2D eigenvalue weighted by Gasteiger charge is -2.16. The SMILES string of the molecule is CN(CC(=O)OCC(=O)c1ccccc1)S(=O)(=O)c1ccc([N+](=O)[O-])cc1. The molecule has 2 aromatic rings. The third kappa shape index (κ3) is 5.19. The van der Waals surface area contributed by atoms with Crippen molar-refractivity contribution in [2.24, 2.45) is 0 Å². The summed E-state index contributed by atoms with van der Waals surface area (Å²) < 4.78 is 30.3. The van der Waals surface area contributed by atoms with Crippen LogP contribution in [0.25, 0.3) is 0 Å². The fourth-order valence-corrected chi connectivity index (χ4v) is 3.20. The summed E-state index contributed by atoms with van der Waals surface area (Å²) in [5.74, 6) is -1.31. The lowest BCUT2D eigenvalue weighted by molar-refractivity contribution is -0.384. The second-order valence-electron chi connectivity index (χ2n) is 5.46. The molecule has 2 aromatic carbocycles. The maximum atomic E-state index is 12.4. The highest BCUT2D eigenvalue weighted by molar-refractivity contribution is 7.89. The van der Waals surface area contributed by atoms with Crippen LogP contribution in [0.4, 0.5) is 5.69 Å². The first-order valence-corrected chi connectivity index (χ1v) is 9.10. The van der Waals surface area contributed by atoms with Gasteiger partial charge < -0.3 is 4.74 Å². The van der Waals surface area contributed by atoms with E-state index >= 15 is 0 Å². The van der Waals surface area contributed by atoms with Crippen molar-refractivity contribution in [1.82, 2.24) is 4.31 Å². The zero-order valence-corrected chi connectivity index (χ0v) is 15.1. The summed E-state index contributed by atoms with van der Waals surface area (Å²) in [7, 11) is -2.88. The van der Waals surface area contributed by atoms with Crippen molar-refractivity contribution in [1.29, 1.82) is 0 Å². The summed E-state index contributed by atoms with van der Waals surface area (Å²) in [6.07, 6.45) is 0. The van der Waals surface area contributed by atoms with Crippen LogP contribution in [0, 0.1) is 10.1 Å². The van der Waals surface area contributed by atoms with Gasteiger partial charge in [-0.2, -0.15) is 4.31 Å². The summed E-state index contributed by atoms with van der Waals surface area (Å²) in [5.41, 5.74) is 0.118. The van der Waals surface area contributed by atoms with E-state index in [1.807, 2.05) is 0 Å². The average Bonchev–Trinajstić information content (AvgIpc) is 2.66. The molecule has 9 nitrogen and oxygen atoms in total. The highest BCUT2D eigenvalue weighted by Crippen LogP contribution is 2.18. The van der Waals surface area contributed by atoms with Gasteiger partial charge in [0, 0.05) is 24.7 Å². The number of nitrogens with zero attached hydrogens (tertiary/aromatic N) is 2. The molecule has 0 radical (unpaired) electrons. The molecule has 0 N–H and O–H groups in total. The molecule has 0 aliphatic rings. The monoisotopic (exact) mass is 392 g/mol. The molecule has 0 spiro atoms. The maximum Gasteiger partial charge on any atom is 0.321 e. The van der Waals surface area contributed by atoms with Crippen molar-refractivity contribution in [3.8, 4) is 0 Å². The Morgan fingerprint density at radius 3 is 2.22 bits per heavy atom. The summed E-state index contributed by atoms with van der Waals surface area (Å²) in [4.78, 5) is 33.5. The number of sulfonamides is 1. The molecule has 0 aromatic heterocycles. The predicted molar refractivity (Wildman–Crippen MR) is 94.6 cm³/mol. The highest BCUT2D eigenvalue weighted by Gasteiger charge is 2.24. The number of esters is 1. The van der Waals surface area contributed by atoms with E-state index in [0.717, 1.165) is 35.6 Å². The first-order chi connectivity index (χ1) is 12.7. The van der Waals surface area contributed by atoms with Crippen molar-refractivity contribution in [3.63, 3.8) is 0 Å². The summed E-state index contributed by atoms with van der Waals surface area (Å²) in [5, 5.41) is 10.6. The van der Waals surface area contributed by atoms with Crippen molar-refractivity contribution in [2.75, 3.05) is 20.2 Å². The van der Waals surface area contributed by atoms with Gasteiger partial charge in [-0.3, -0.25) is 19.7 Å². The van der Waals surface area contributed by atoms with Crippen LogP contribution in [0.15, 0.2) is 59.5 Å². The molecule has 0 saturated heterocycles. The van der Waals surface area contributed by atoms with E-state index in [4.69, 9.17) is 4.74 Å². The van der Waals surface area contributed by atoms with Crippen LogP contribution < -0.4 is 0 Å². The Labute approximate surface area is 155 Å². The number of rotatable bonds is 8. The second kappa shape index (κ2) is 8.52. The van der Waals surface area contributed by atoms with Crippen molar-refractivity contribution in [3.05, 3.63) is 70.3 Å². The van der Waals surface area contributed by atoms with Crippen LogP contribution in [0.1, 0.15) is 10.4 Å². The molecule has 0 atom stereocenters. The van der Waals surface area contributed by atoms with Gasteiger partial charge in [0.05, 0.1) is 9.82 Å². The van der Waals surface area contributed by atoms with Crippen molar-refractivity contribution in [2.45, 2.75) is 4.90 Å². The van der Waals surface area contributed by atoms with E-state index in [2.05, 4.69) is 0 Å². The zero-order valence-electron chi connectivity index (χ0n) is 14.3. The number of Topliss-reactive ketones (excluding diaryl/α,β-unsaturated/α-hetero) is 1. The number of benzene rings is 2. The number of likely N-dealkylation sites (N-methyl/N-ethyl adjacent to an activating group) is 1. The van der Waals surface area contributed by atoms with E-state index in [1.54, 1.807) is 30.3 Å². The molecule has 0 bridgehead atoms. The number of ether oxygens (including phenoxy) is 1. The van der Waals surface area contributed by atoms with Crippen molar-refractivity contribution < 1.29 is 27.7 Å². The Balaban J connectivity index is 1.96. The topological polar surface area (TPSA) is 124 Å². The van der Waals surface area contributed by atoms with Gasteiger partial charge in [-0.15, -0.1) is 0 Å². The zero-order chi connectivity index (χ0) is 20.0. The molecule has 10 heteroatoms. The van der Waals surface area contributed by atoms with Crippen molar-refractivity contribution >= 4 is 27.5 Å². The summed E-state index contributed by atoms with van der Waals surface area (Å²) in [6.45, 7) is -1.12. The molecule has 0 heterocycles. The molecule has 0 saturated carbocycles. The smallest absolute Gasteiger partial charge is 0.321 e. The third-order valence-electron chi connectivity index (χ3n) is 3.57. The van der Waals surface area contributed by atoms with Gasteiger partial charge in [-0.25, -0.2) is 8.42 Å². The number of ketones is 1. The Bertz CT molecular complexity index is 941. The lowest BCUT2D eigenvalue weighted by atomic mass is 10.1. The Kier molecular flexibility index (Phi) is 6.37. The van der Waals surface area contributed by atoms with Gasteiger partial charge in [0.1, 0.15) is 6.54 Å². The minimum Gasteiger partial charge on any atom is -0.456 e. The van der Waals surface area contributed by atoms with E-state index in [-0.39, 0.29) is 10.6 Å². The Hall–Kier alpha value is -3.11. The first-order valence-electron chi connectivity index (χ1n) is 7.66. The summed E-state index contributed by atoms with van der Waals surface area (Å²) >= 11 is 0. The van der Waals surface area contributed by atoms with Gasteiger partial charge in [-0.1, -0.05) is 30.3 Å². The molecule has 142 valence electrons. The molecule has 0 amide bonds. The molecule has 0 aliphatic heterocycles. The molecule has 0 unspecified atom stereocenters. The van der Waals surface area contributed by atoms with Crippen LogP contribution in [0.2, 0.25) is 0 Å². The van der Waals surface area contributed by atoms with Crippen LogP contribution in [0.5, 0.6) is 0 Å². The molecular formula is C17H16N2O7S. The second-order valence-corrected chi connectivity index (χ2v) is 7.51. The number of hydrogen-bond donors (Lipinski definition) is 0. The lowest BCUT2D eigenvalue weighted by Crippen LogP contribution is -2.33. The van der Waals surface area contributed by atoms with Gasteiger partial charge in [0.25, 0.3) is 5.69 Å². The standard InChI is InChI=1S/C17H16N2O7S/c1-18(27(24,25)15-9-7-14(8-10-15)19(22)23)11-17(21)26-12-16(20)13-5-3-2-4-6-13/h2-10H,11-12H2,1H3. The third-order valence-corrected chi connectivity index (χ3v) is 5.39. The van der Waals surface area contributed by atoms with Crippen LogP contribution in [-0.4, -0.2) is 49.6 Å². The van der Waals surface area contributed by atoms with Gasteiger partial charge in [-0.05, 0) is 12.1 Å². The van der Waals surface area contributed by atoms with E-state index in [0.29, 0.717) is 5.56 Å². The van der Waals surface area contributed by atoms with E-state index in [9.17, 15) is 28.1 Å². The number of hydrogen-bond acceptors (Lipinski definition) is 7. The molecular weight excluding hydrogens is 376 g/mol. The van der Waals surface area contributed by atoms with Crippen LogP contribution >= 0.6 is 0 Å². The normalized spacial score (nSPS) is 11.2. The van der Waals surface area contributed by atoms with E-state index in [1.165, 1.54) is 0 Å². The number of carbonyl (C=O) groups excluding carboxylic acids is 2. The van der Waals surface area contributed by atoms with E-state index < -0.39 is 39.9 Å². The molecule has 0 fully saturated rings. The van der Waals surface area contributed by atoms with Gasteiger partial charge in [0.15, 0.2) is 12.4 Å². The Morgan fingerprint density at radius 1 is 1.07 bits per heavy atom. The fraction of sp³-hybridized carbons (Fsp3) is 0.176. The minimum atomic E-state index is -4.04. The predicted octanol–water partition coefficient (Wildman–Crippen LogP) is 1.64. The molecule has 27 heavy (non-hydrogen) atoms. The van der Waals surface area contributed by atoms with Gasteiger partial charge >= 0.3 is 5.97 Å². The largest absolute Gasteiger partial charge is 0.456 e. The average molecular weight is 392 g/mol. The Morgan fingerprint density at radius 2 is 1.67 bits per heavy atom. The van der Waals surface area contributed by atoms with Crippen LogP contribution in [0.3, 0.4) is 0 Å². The number of non-ortho nitro benzene ring substituents is 1. The van der Waals surface area contributed by atoms with Gasteiger partial charge in [0.2, 0.25) is 10.0 Å². The molecule has 2 rings (SSSR count). The first kappa shape index (κ1) is 20.2.